The van der Waals surface area contributed by atoms with Crippen molar-refractivity contribution in [3.63, 3.8) is 0 Å². The normalized spacial score (nSPS) is 9.79. The predicted octanol–water partition coefficient (Wildman–Crippen LogP) is 1.39. The molecule has 19 heavy (non-hydrogen) atoms. The lowest BCUT2D eigenvalue weighted by Gasteiger charge is -2.11. The van der Waals surface area contributed by atoms with Crippen LogP contribution in [0.4, 0.5) is 5.69 Å². The first-order valence-corrected chi connectivity index (χ1v) is 5.84. The van der Waals surface area contributed by atoms with Gasteiger partial charge in [0.05, 0.1) is 26.7 Å². The molecule has 0 radical (unpaired) electrons. The largest absolute Gasteiger partial charge is 0.492 e. The zero-order valence-electron chi connectivity index (χ0n) is 11.0. The molecule has 0 saturated heterocycles. The van der Waals surface area contributed by atoms with Crippen molar-refractivity contribution in [2.24, 2.45) is 0 Å². The fourth-order valence-electron chi connectivity index (χ4n) is 1.38. The highest BCUT2D eigenvalue weighted by Crippen LogP contribution is 2.23. The SMILES string of the molecule is CCOC(=O)c1ccc(N)cc1OCCC(=O)OC. The molecule has 0 unspecified atom stereocenters. The van der Waals surface area contributed by atoms with Gasteiger partial charge in [-0.15, -0.1) is 0 Å². The van der Waals surface area contributed by atoms with Crippen LogP contribution in [0.25, 0.3) is 0 Å². The molecule has 0 saturated carbocycles. The molecule has 2 N–H and O–H groups in total. The maximum absolute atomic E-state index is 11.7. The molecule has 0 heterocycles. The number of rotatable bonds is 6. The van der Waals surface area contributed by atoms with Gasteiger partial charge in [0.2, 0.25) is 0 Å². The highest BCUT2D eigenvalue weighted by molar-refractivity contribution is 5.93. The minimum atomic E-state index is -0.490. The molecule has 1 rings (SSSR count). The van der Waals surface area contributed by atoms with E-state index in [1.807, 2.05) is 0 Å². The van der Waals surface area contributed by atoms with Gasteiger partial charge in [-0.1, -0.05) is 0 Å². The van der Waals surface area contributed by atoms with Crippen LogP contribution in [-0.4, -0.2) is 32.3 Å². The van der Waals surface area contributed by atoms with Gasteiger partial charge in [0, 0.05) is 11.8 Å². The number of ether oxygens (including phenoxy) is 3. The molecular formula is C13H17NO5. The molecule has 6 heteroatoms. The van der Waals surface area contributed by atoms with Crippen molar-refractivity contribution in [3.8, 4) is 5.75 Å². The average molecular weight is 267 g/mol. The van der Waals surface area contributed by atoms with E-state index in [-0.39, 0.29) is 31.2 Å². The van der Waals surface area contributed by atoms with Gasteiger partial charge in [-0.05, 0) is 19.1 Å². The van der Waals surface area contributed by atoms with E-state index in [1.54, 1.807) is 13.0 Å². The van der Waals surface area contributed by atoms with Crippen molar-refractivity contribution in [1.29, 1.82) is 0 Å². The third-order valence-electron chi connectivity index (χ3n) is 2.29. The Morgan fingerprint density at radius 2 is 2.05 bits per heavy atom. The van der Waals surface area contributed by atoms with E-state index in [9.17, 15) is 9.59 Å². The number of hydrogen-bond donors (Lipinski definition) is 1. The van der Waals surface area contributed by atoms with Crippen LogP contribution < -0.4 is 10.5 Å². The standard InChI is InChI=1S/C13H17NO5/c1-3-18-13(16)10-5-4-9(14)8-11(10)19-7-6-12(15)17-2/h4-5,8H,3,6-7,14H2,1-2H3. The number of carbonyl (C=O) groups is 2. The van der Waals surface area contributed by atoms with E-state index in [0.29, 0.717) is 11.4 Å². The Bertz CT molecular complexity index is 458. The summed E-state index contributed by atoms with van der Waals surface area (Å²) in [7, 11) is 1.30. The van der Waals surface area contributed by atoms with Crippen LogP contribution in [0.1, 0.15) is 23.7 Å². The minimum absolute atomic E-state index is 0.0908. The number of anilines is 1. The number of nitrogen functional groups attached to an aromatic ring is 1. The number of methoxy groups -OCH3 is 1. The Balaban J connectivity index is 2.76. The van der Waals surface area contributed by atoms with E-state index in [0.717, 1.165) is 0 Å². The fraction of sp³-hybridized carbons (Fsp3) is 0.385. The van der Waals surface area contributed by atoms with Crippen molar-refractivity contribution < 1.29 is 23.8 Å². The fourth-order valence-corrected chi connectivity index (χ4v) is 1.38. The Labute approximate surface area is 111 Å². The summed E-state index contributed by atoms with van der Waals surface area (Å²) >= 11 is 0. The molecule has 0 aliphatic carbocycles. The summed E-state index contributed by atoms with van der Waals surface area (Å²) in [6.07, 6.45) is 0.0908. The van der Waals surface area contributed by atoms with E-state index >= 15 is 0 Å². The van der Waals surface area contributed by atoms with Gasteiger partial charge in [-0.2, -0.15) is 0 Å². The van der Waals surface area contributed by atoms with Crippen LogP contribution in [0.5, 0.6) is 5.75 Å². The molecule has 0 aliphatic heterocycles. The lowest BCUT2D eigenvalue weighted by Crippen LogP contribution is -2.11. The van der Waals surface area contributed by atoms with Gasteiger partial charge < -0.3 is 19.9 Å². The topological polar surface area (TPSA) is 87.9 Å². The second-order valence-corrected chi connectivity index (χ2v) is 3.65. The zero-order valence-corrected chi connectivity index (χ0v) is 11.0. The van der Waals surface area contributed by atoms with E-state index in [4.69, 9.17) is 15.2 Å². The van der Waals surface area contributed by atoms with Crippen LogP contribution in [0.2, 0.25) is 0 Å². The maximum atomic E-state index is 11.7. The average Bonchev–Trinajstić information content (AvgIpc) is 2.38. The molecule has 0 atom stereocenters. The first-order valence-electron chi connectivity index (χ1n) is 5.84. The number of benzene rings is 1. The van der Waals surface area contributed by atoms with Gasteiger partial charge in [-0.3, -0.25) is 4.79 Å². The molecule has 0 spiro atoms. The molecule has 1 aromatic carbocycles. The van der Waals surface area contributed by atoms with Gasteiger partial charge in [-0.25, -0.2) is 4.79 Å². The smallest absolute Gasteiger partial charge is 0.341 e. The summed E-state index contributed by atoms with van der Waals surface area (Å²) < 4.78 is 14.8. The molecule has 6 nitrogen and oxygen atoms in total. The highest BCUT2D eigenvalue weighted by atomic mass is 16.5. The van der Waals surface area contributed by atoms with Gasteiger partial charge in [0.15, 0.2) is 0 Å². The Hall–Kier alpha value is -2.24. The van der Waals surface area contributed by atoms with Gasteiger partial charge in [0.25, 0.3) is 0 Å². The summed E-state index contributed by atoms with van der Waals surface area (Å²) in [6, 6.07) is 4.63. The maximum Gasteiger partial charge on any atom is 0.341 e. The van der Waals surface area contributed by atoms with Crippen molar-refractivity contribution in [2.75, 3.05) is 26.1 Å². The first kappa shape index (κ1) is 14.8. The summed E-state index contributed by atoms with van der Waals surface area (Å²) in [5.74, 6) is -0.584. The molecule has 0 aliphatic rings. The van der Waals surface area contributed by atoms with Crippen LogP contribution >= 0.6 is 0 Å². The van der Waals surface area contributed by atoms with Crippen molar-refractivity contribution >= 4 is 17.6 Å². The van der Waals surface area contributed by atoms with Crippen LogP contribution in [0.3, 0.4) is 0 Å². The lowest BCUT2D eigenvalue weighted by atomic mass is 10.2. The molecule has 1 aromatic rings. The Kier molecular flexibility index (Phi) is 5.66. The highest BCUT2D eigenvalue weighted by Gasteiger charge is 2.14. The van der Waals surface area contributed by atoms with Gasteiger partial charge >= 0.3 is 11.9 Å². The third-order valence-corrected chi connectivity index (χ3v) is 2.29. The van der Waals surface area contributed by atoms with Crippen molar-refractivity contribution in [3.05, 3.63) is 23.8 Å². The molecule has 104 valence electrons. The number of hydrogen-bond acceptors (Lipinski definition) is 6. The molecule has 0 amide bonds. The van der Waals surface area contributed by atoms with Crippen LogP contribution in [-0.2, 0) is 14.3 Å². The van der Waals surface area contributed by atoms with Crippen molar-refractivity contribution in [2.45, 2.75) is 13.3 Å². The number of carbonyl (C=O) groups excluding carboxylic acids is 2. The second kappa shape index (κ2) is 7.25. The van der Waals surface area contributed by atoms with Crippen LogP contribution in [0, 0.1) is 0 Å². The Morgan fingerprint density at radius 1 is 1.32 bits per heavy atom. The first-order chi connectivity index (χ1) is 9.08. The lowest BCUT2D eigenvalue weighted by molar-refractivity contribution is -0.141. The predicted molar refractivity (Wildman–Crippen MR) is 68.9 cm³/mol. The number of esters is 2. The molecule has 0 fully saturated rings. The van der Waals surface area contributed by atoms with E-state index in [2.05, 4.69) is 4.74 Å². The monoisotopic (exact) mass is 267 g/mol. The third kappa shape index (κ3) is 4.50. The molecule has 0 aromatic heterocycles. The summed E-state index contributed by atoms with van der Waals surface area (Å²) in [5, 5.41) is 0. The van der Waals surface area contributed by atoms with E-state index < -0.39 is 5.97 Å². The quantitative estimate of drug-likeness (QED) is 0.619. The second-order valence-electron chi connectivity index (χ2n) is 3.65. The minimum Gasteiger partial charge on any atom is -0.492 e. The molecular weight excluding hydrogens is 250 g/mol. The van der Waals surface area contributed by atoms with Crippen LogP contribution in [0.15, 0.2) is 18.2 Å². The molecule has 0 bridgehead atoms. The van der Waals surface area contributed by atoms with Crippen molar-refractivity contribution in [1.82, 2.24) is 0 Å². The summed E-state index contributed by atoms with van der Waals surface area (Å²) in [5.41, 5.74) is 6.37. The summed E-state index contributed by atoms with van der Waals surface area (Å²) in [4.78, 5) is 22.7. The summed E-state index contributed by atoms with van der Waals surface area (Å²) in [6.45, 7) is 2.08. The number of nitrogens with two attached hydrogens (primary N) is 1. The van der Waals surface area contributed by atoms with Gasteiger partial charge in [0.1, 0.15) is 11.3 Å². The Morgan fingerprint density at radius 3 is 2.68 bits per heavy atom. The van der Waals surface area contributed by atoms with E-state index in [1.165, 1.54) is 19.2 Å². The zero-order chi connectivity index (χ0) is 14.3.